The molecule has 106 valence electrons. The van der Waals surface area contributed by atoms with Crippen molar-refractivity contribution in [2.24, 2.45) is 0 Å². The minimum absolute atomic E-state index is 0.0895. The molecule has 7 heteroatoms. The van der Waals surface area contributed by atoms with Crippen LogP contribution in [0.1, 0.15) is 18.1 Å². The van der Waals surface area contributed by atoms with E-state index in [-0.39, 0.29) is 10.8 Å². The molecule has 1 aromatic carbocycles. The highest BCUT2D eigenvalue weighted by Crippen LogP contribution is 2.26. The number of hydrogen-bond acceptors (Lipinski definition) is 2. The number of amides is 1. The number of nitrogens with one attached hydrogen (secondary N) is 1. The van der Waals surface area contributed by atoms with Crippen LogP contribution in [0.2, 0.25) is 0 Å². The molecule has 0 fully saturated rings. The lowest BCUT2D eigenvalue weighted by Crippen LogP contribution is -2.19. The molecule has 1 aromatic rings. The van der Waals surface area contributed by atoms with Gasteiger partial charge in [-0.1, -0.05) is 6.07 Å². The second kappa shape index (κ2) is 5.73. The van der Waals surface area contributed by atoms with Crippen LogP contribution in [0.5, 0.6) is 0 Å². The predicted molar refractivity (Wildman–Crippen MR) is 67.6 cm³/mol. The van der Waals surface area contributed by atoms with Gasteiger partial charge < -0.3 is 5.32 Å². The van der Waals surface area contributed by atoms with Gasteiger partial charge in [-0.05, 0) is 31.0 Å². The summed E-state index contributed by atoms with van der Waals surface area (Å²) in [6.07, 6.45) is -4.49. The van der Waals surface area contributed by atoms with Crippen LogP contribution in [0.4, 0.5) is 18.9 Å². The molecule has 1 unspecified atom stereocenters. The van der Waals surface area contributed by atoms with Gasteiger partial charge in [0.2, 0.25) is 5.91 Å². The van der Waals surface area contributed by atoms with E-state index < -0.39 is 22.7 Å². The first-order chi connectivity index (χ1) is 8.60. The Balaban J connectivity index is 3.14. The van der Waals surface area contributed by atoms with E-state index in [0.717, 1.165) is 0 Å². The fourth-order valence-electron chi connectivity index (χ4n) is 1.63. The van der Waals surface area contributed by atoms with Gasteiger partial charge in [0.25, 0.3) is 0 Å². The van der Waals surface area contributed by atoms with Gasteiger partial charge in [0.15, 0.2) is 0 Å². The van der Waals surface area contributed by atoms with E-state index >= 15 is 0 Å². The first-order valence-corrected chi connectivity index (χ1v) is 6.76. The topological polar surface area (TPSA) is 46.2 Å². The number of halogens is 3. The Morgan fingerprint density at radius 1 is 1.26 bits per heavy atom. The molecule has 19 heavy (non-hydrogen) atoms. The first-order valence-electron chi connectivity index (χ1n) is 5.44. The SMILES string of the molecule is CC(=O)Nc1cc(S(=O)CC(F)(F)F)c(C)cc1C. The van der Waals surface area contributed by atoms with Crippen molar-refractivity contribution in [1.82, 2.24) is 0 Å². The molecule has 0 saturated carbocycles. The second-order valence-corrected chi connectivity index (χ2v) is 5.64. The maximum absolute atomic E-state index is 12.3. The third kappa shape index (κ3) is 4.66. The van der Waals surface area contributed by atoms with E-state index in [2.05, 4.69) is 5.32 Å². The summed E-state index contributed by atoms with van der Waals surface area (Å²) < 4.78 is 48.5. The van der Waals surface area contributed by atoms with Crippen molar-refractivity contribution in [3.05, 3.63) is 23.3 Å². The number of carbonyl (C=O) groups excluding carboxylic acids is 1. The lowest BCUT2D eigenvalue weighted by molar-refractivity contribution is -0.114. The number of rotatable bonds is 3. The van der Waals surface area contributed by atoms with Crippen LogP contribution in [0.25, 0.3) is 0 Å². The van der Waals surface area contributed by atoms with Crippen molar-refractivity contribution in [3.8, 4) is 0 Å². The number of anilines is 1. The Bertz CT molecular complexity index is 526. The van der Waals surface area contributed by atoms with Crippen LogP contribution in [0, 0.1) is 13.8 Å². The number of aryl methyl sites for hydroxylation is 2. The molecule has 1 amide bonds. The van der Waals surface area contributed by atoms with Gasteiger partial charge in [-0.25, -0.2) is 0 Å². The molecular weight excluding hydrogens is 279 g/mol. The Kier molecular flexibility index (Phi) is 4.73. The van der Waals surface area contributed by atoms with Gasteiger partial charge >= 0.3 is 6.18 Å². The fraction of sp³-hybridized carbons (Fsp3) is 0.417. The molecule has 0 heterocycles. The van der Waals surface area contributed by atoms with E-state index in [9.17, 15) is 22.2 Å². The Hall–Kier alpha value is -1.37. The molecule has 0 aliphatic heterocycles. The zero-order valence-electron chi connectivity index (χ0n) is 10.7. The lowest BCUT2D eigenvalue weighted by Gasteiger charge is -2.13. The largest absolute Gasteiger partial charge is 0.400 e. The normalized spacial score (nSPS) is 13.2. The average molecular weight is 293 g/mol. The summed E-state index contributed by atoms with van der Waals surface area (Å²) in [5.74, 6) is -1.73. The molecular formula is C12H14F3NO2S. The molecule has 0 radical (unpaired) electrons. The summed E-state index contributed by atoms with van der Waals surface area (Å²) >= 11 is 0. The van der Waals surface area contributed by atoms with Crippen molar-refractivity contribution < 1.29 is 22.2 Å². The van der Waals surface area contributed by atoms with Crippen molar-refractivity contribution in [2.75, 3.05) is 11.1 Å². The van der Waals surface area contributed by atoms with Gasteiger partial charge in [-0.3, -0.25) is 9.00 Å². The number of alkyl halides is 3. The fourth-order valence-corrected chi connectivity index (χ4v) is 2.75. The van der Waals surface area contributed by atoms with Crippen LogP contribution in [-0.4, -0.2) is 22.0 Å². The van der Waals surface area contributed by atoms with Crippen LogP contribution < -0.4 is 5.32 Å². The summed E-state index contributed by atoms with van der Waals surface area (Å²) in [4.78, 5) is 11.1. The standard InChI is InChI=1S/C12H14F3NO2S/c1-7-4-8(2)11(5-10(7)16-9(3)17)19(18)6-12(13,14)15/h4-5H,6H2,1-3H3,(H,16,17). The summed E-state index contributed by atoms with van der Waals surface area (Å²) in [6, 6.07) is 2.95. The van der Waals surface area contributed by atoms with Crippen LogP contribution in [0.15, 0.2) is 17.0 Å². The number of carbonyl (C=O) groups is 1. The second-order valence-electron chi connectivity index (χ2n) is 4.22. The molecule has 0 saturated heterocycles. The van der Waals surface area contributed by atoms with Crippen molar-refractivity contribution in [3.63, 3.8) is 0 Å². The Labute approximate surface area is 111 Å². The quantitative estimate of drug-likeness (QED) is 0.931. The zero-order valence-corrected chi connectivity index (χ0v) is 11.5. The highest BCUT2D eigenvalue weighted by Gasteiger charge is 2.31. The third-order valence-corrected chi connectivity index (χ3v) is 3.89. The van der Waals surface area contributed by atoms with Crippen LogP contribution in [0.3, 0.4) is 0 Å². The molecule has 0 aliphatic carbocycles. The molecule has 0 spiro atoms. The molecule has 1 atom stereocenters. The minimum atomic E-state index is -4.49. The van der Waals surface area contributed by atoms with Gasteiger partial charge in [-0.2, -0.15) is 13.2 Å². The van der Waals surface area contributed by atoms with Crippen LogP contribution in [-0.2, 0) is 15.6 Å². The van der Waals surface area contributed by atoms with E-state index in [0.29, 0.717) is 16.8 Å². The zero-order chi connectivity index (χ0) is 14.8. The van der Waals surface area contributed by atoms with Gasteiger partial charge in [0, 0.05) is 17.5 Å². The number of benzene rings is 1. The smallest absolute Gasteiger partial charge is 0.326 e. The van der Waals surface area contributed by atoms with E-state index in [1.165, 1.54) is 13.0 Å². The maximum Gasteiger partial charge on any atom is 0.400 e. The lowest BCUT2D eigenvalue weighted by atomic mass is 10.1. The molecule has 1 N–H and O–H groups in total. The summed E-state index contributed by atoms with van der Waals surface area (Å²) in [5.41, 5.74) is 1.60. The van der Waals surface area contributed by atoms with Gasteiger partial charge in [-0.15, -0.1) is 0 Å². The molecule has 1 rings (SSSR count). The monoisotopic (exact) mass is 293 g/mol. The number of hydrogen-bond donors (Lipinski definition) is 1. The minimum Gasteiger partial charge on any atom is -0.326 e. The van der Waals surface area contributed by atoms with Crippen LogP contribution >= 0.6 is 0 Å². The highest BCUT2D eigenvalue weighted by atomic mass is 32.2. The van der Waals surface area contributed by atoms with E-state index in [4.69, 9.17) is 0 Å². The molecule has 0 bridgehead atoms. The van der Waals surface area contributed by atoms with Crippen molar-refractivity contribution in [1.29, 1.82) is 0 Å². The third-order valence-electron chi connectivity index (χ3n) is 2.37. The molecule has 3 nitrogen and oxygen atoms in total. The van der Waals surface area contributed by atoms with Gasteiger partial charge in [0.1, 0.15) is 5.75 Å². The highest BCUT2D eigenvalue weighted by molar-refractivity contribution is 7.85. The maximum atomic E-state index is 12.3. The average Bonchev–Trinajstić information content (AvgIpc) is 2.18. The Morgan fingerprint density at radius 3 is 2.32 bits per heavy atom. The van der Waals surface area contributed by atoms with Crippen molar-refractivity contribution in [2.45, 2.75) is 31.8 Å². The Morgan fingerprint density at radius 2 is 1.84 bits per heavy atom. The van der Waals surface area contributed by atoms with E-state index in [1.807, 2.05) is 0 Å². The van der Waals surface area contributed by atoms with E-state index in [1.54, 1.807) is 19.9 Å². The summed E-state index contributed by atoms with van der Waals surface area (Å²) in [6.45, 7) is 4.61. The first kappa shape index (κ1) is 15.7. The van der Waals surface area contributed by atoms with Crippen molar-refractivity contribution >= 4 is 22.4 Å². The predicted octanol–water partition coefficient (Wildman–Crippen LogP) is 2.93. The molecule has 0 aliphatic rings. The summed E-state index contributed by atoms with van der Waals surface area (Å²) in [5, 5.41) is 2.50. The molecule has 0 aromatic heterocycles. The van der Waals surface area contributed by atoms with Gasteiger partial charge in [0.05, 0.1) is 10.8 Å². The summed E-state index contributed by atoms with van der Waals surface area (Å²) in [7, 11) is -2.17.